The Balaban J connectivity index is 1.96. The van der Waals surface area contributed by atoms with Crippen molar-refractivity contribution in [3.8, 4) is 0 Å². The van der Waals surface area contributed by atoms with Crippen LogP contribution in [-0.4, -0.2) is 47.7 Å². The highest BCUT2D eigenvalue weighted by Crippen LogP contribution is 2.28. The zero-order chi connectivity index (χ0) is 16.3. The van der Waals surface area contributed by atoms with Crippen molar-refractivity contribution in [2.75, 3.05) is 20.1 Å². The summed E-state index contributed by atoms with van der Waals surface area (Å²) in [5, 5.41) is 2.12. The minimum absolute atomic E-state index is 0.186. The average molecular weight is 324 g/mol. The van der Waals surface area contributed by atoms with Gasteiger partial charge in [0, 0.05) is 30.1 Å². The second kappa shape index (κ2) is 7.01. The molecule has 1 aliphatic rings. The fraction of sp³-hybridized carbons (Fsp3) is 0.706. The molecule has 0 radical (unpaired) electrons. The molecule has 1 aromatic heterocycles. The number of likely N-dealkylation sites (N-methyl/N-ethyl adjacent to an activating group) is 1. The molecule has 0 spiro atoms. The van der Waals surface area contributed by atoms with Gasteiger partial charge in [0.15, 0.2) is 0 Å². The summed E-state index contributed by atoms with van der Waals surface area (Å²) in [5.74, 6) is 0. The van der Waals surface area contributed by atoms with Gasteiger partial charge in [-0.3, -0.25) is 4.90 Å². The topological polar surface area (TPSA) is 32.8 Å². The summed E-state index contributed by atoms with van der Waals surface area (Å²) in [6, 6.07) is 5.04. The zero-order valence-corrected chi connectivity index (χ0v) is 15.2. The first-order valence-electron chi connectivity index (χ1n) is 8.01. The summed E-state index contributed by atoms with van der Waals surface area (Å²) >= 11 is 1.79. The van der Waals surface area contributed by atoms with E-state index in [9.17, 15) is 4.79 Å². The van der Waals surface area contributed by atoms with Gasteiger partial charge in [0.05, 0.1) is 0 Å². The molecule has 1 amide bonds. The largest absolute Gasteiger partial charge is 0.444 e. The number of hydrogen-bond acceptors (Lipinski definition) is 4. The van der Waals surface area contributed by atoms with Crippen LogP contribution in [0.5, 0.6) is 0 Å². The Labute approximate surface area is 138 Å². The van der Waals surface area contributed by atoms with Crippen molar-refractivity contribution >= 4 is 17.4 Å². The zero-order valence-electron chi connectivity index (χ0n) is 14.3. The van der Waals surface area contributed by atoms with Gasteiger partial charge in [-0.1, -0.05) is 6.07 Å². The van der Waals surface area contributed by atoms with Gasteiger partial charge in [-0.15, -0.1) is 11.3 Å². The van der Waals surface area contributed by atoms with Gasteiger partial charge >= 0.3 is 6.09 Å². The molecule has 22 heavy (non-hydrogen) atoms. The van der Waals surface area contributed by atoms with E-state index in [-0.39, 0.29) is 6.09 Å². The van der Waals surface area contributed by atoms with Gasteiger partial charge in [-0.25, -0.2) is 4.79 Å². The molecule has 1 fully saturated rings. The Kier molecular flexibility index (Phi) is 5.50. The monoisotopic (exact) mass is 324 g/mol. The lowest BCUT2D eigenvalue weighted by Crippen LogP contribution is -2.50. The van der Waals surface area contributed by atoms with Gasteiger partial charge in [-0.05, 0) is 59.0 Å². The maximum absolute atomic E-state index is 12.3. The molecule has 2 rings (SSSR count). The normalized spacial score (nSPS) is 21.0. The predicted molar refractivity (Wildman–Crippen MR) is 91.3 cm³/mol. The lowest BCUT2D eigenvalue weighted by Gasteiger charge is -2.40. The Hall–Kier alpha value is -1.07. The third-order valence-electron chi connectivity index (χ3n) is 4.19. The molecular formula is C17H28N2O2S. The summed E-state index contributed by atoms with van der Waals surface area (Å²) in [5.41, 5.74) is -0.430. The number of carbonyl (C=O) groups excluding carboxylic acids is 1. The van der Waals surface area contributed by atoms with E-state index in [1.165, 1.54) is 4.88 Å². The first-order chi connectivity index (χ1) is 10.3. The summed E-state index contributed by atoms with van der Waals surface area (Å²) in [6.07, 6.45) is 1.98. The van der Waals surface area contributed by atoms with E-state index in [1.807, 2.05) is 25.7 Å². The van der Waals surface area contributed by atoms with Gasteiger partial charge in [0.25, 0.3) is 0 Å². The van der Waals surface area contributed by atoms with Gasteiger partial charge in [0.2, 0.25) is 0 Å². The van der Waals surface area contributed by atoms with E-state index in [2.05, 4.69) is 36.4 Å². The van der Waals surface area contributed by atoms with Crippen LogP contribution in [0.15, 0.2) is 17.5 Å². The van der Waals surface area contributed by atoms with Crippen LogP contribution in [0, 0.1) is 0 Å². The van der Waals surface area contributed by atoms with Crippen LogP contribution in [0.3, 0.4) is 0 Å². The highest BCUT2D eigenvalue weighted by atomic mass is 32.1. The number of nitrogens with zero attached hydrogens (tertiary/aromatic N) is 2. The minimum atomic E-state index is -0.430. The molecule has 124 valence electrons. The summed E-state index contributed by atoms with van der Waals surface area (Å²) < 4.78 is 5.51. The number of likely N-dealkylation sites (tertiary alicyclic amines) is 1. The molecule has 2 heterocycles. The molecule has 5 heteroatoms. The molecule has 0 N–H and O–H groups in total. The highest BCUT2D eigenvalue weighted by molar-refractivity contribution is 7.10. The van der Waals surface area contributed by atoms with Crippen molar-refractivity contribution in [3.05, 3.63) is 22.4 Å². The number of hydrogen-bond donors (Lipinski definition) is 0. The van der Waals surface area contributed by atoms with Crippen molar-refractivity contribution in [1.29, 1.82) is 0 Å². The first-order valence-corrected chi connectivity index (χ1v) is 8.89. The lowest BCUT2D eigenvalue weighted by molar-refractivity contribution is 0.00984. The van der Waals surface area contributed by atoms with Crippen molar-refractivity contribution < 1.29 is 9.53 Å². The summed E-state index contributed by atoms with van der Waals surface area (Å²) in [6.45, 7) is 9.53. The van der Waals surface area contributed by atoms with Crippen LogP contribution >= 0.6 is 11.3 Å². The maximum Gasteiger partial charge on any atom is 0.410 e. The van der Waals surface area contributed by atoms with Crippen LogP contribution in [0.1, 0.15) is 51.5 Å². The maximum atomic E-state index is 12.3. The molecular weight excluding hydrogens is 296 g/mol. The van der Waals surface area contributed by atoms with Crippen LogP contribution in [-0.2, 0) is 4.74 Å². The van der Waals surface area contributed by atoms with Crippen LogP contribution < -0.4 is 0 Å². The number of rotatable bonds is 3. The van der Waals surface area contributed by atoms with Crippen LogP contribution in [0.2, 0.25) is 0 Å². The molecule has 1 unspecified atom stereocenters. The number of piperidine rings is 1. The van der Waals surface area contributed by atoms with Crippen molar-refractivity contribution in [2.24, 2.45) is 0 Å². The first kappa shape index (κ1) is 17.3. The average Bonchev–Trinajstić information content (AvgIpc) is 2.98. The van der Waals surface area contributed by atoms with E-state index in [1.54, 1.807) is 11.3 Å². The SMILES string of the molecule is CC(c1cccs1)N(C)[C@@H]1CCCN(C(=O)OC(C)(C)C)C1. The molecule has 1 aromatic rings. The second-order valence-electron chi connectivity index (χ2n) is 7.08. The van der Waals surface area contributed by atoms with Crippen LogP contribution in [0.4, 0.5) is 4.79 Å². The van der Waals surface area contributed by atoms with E-state index < -0.39 is 5.60 Å². The van der Waals surface area contributed by atoms with Gasteiger partial charge in [-0.2, -0.15) is 0 Å². The van der Waals surface area contributed by atoms with E-state index in [0.717, 1.165) is 25.9 Å². The molecule has 1 aliphatic heterocycles. The molecule has 4 nitrogen and oxygen atoms in total. The smallest absolute Gasteiger partial charge is 0.410 e. The van der Waals surface area contributed by atoms with Gasteiger partial charge in [0.1, 0.15) is 5.60 Å². The fourth-order valence-electron chi connectivity index (χ4n) is 2.83. The number of amides is 1. The number of ether oxygens (including phenoxy) is 1. The van der Waals surface area contributed by atoms with E-state index >= 15 is 0 Å². The Morgan fingerprint density at radius 2 is 2.23 bits per heavy atom. The second-order valence-corrected chi connectivity index (χ2v) is 8.06. The molecule has 1 saturated heterocycles. The van der Waals surface area contributed by atoms with Crippen molar-refractivity contribution in [2.45, 2.75) is 58.2 Å². The number of thiophene rings is 1. The third-order valence-corrected chi connectivity index (χ3v) is 5.23. The molecule has 0 aliphatic carbocycles. The molecule has 0 bridgehead atoms. The Bertz CT molecular complexity index is 481. The van der Waals surface area contributed by atoms with E-state index in [4.69, 9.17) is 4.74 Å². The fourth-order valence-corrected chi connectivity index (χ4v) is 3.66. The van der Waals surface area contributed by atoms with Crippen molar-refractivity contribution in [3.63, 3.8) is 0 Å². The van der Waals surface area contributed by atoms with Gasteiger partial charge < -0.3 is 9.64 Å². The number of carbonyl (C=O) groups is 1. The third kappa shape index (κ3) is 4.46. The summed E-state index contributed by atoms with van der Waals surface area (Å²) in [7, 11) is 2.16. The van der Waals surface area contributed by atoms with E-state index in [0.29, 0.717) is 12.1 Å². The van der Waals surface area contributed by atoms with Crippen LogP contribution in [0.25, 0.3) is 0 Å². The van der Waals surface area contributed by atoms with Crippen molar-refractivity contribution in [1.82, 2.24) is 9.80 Å². The Morgan fingerprint density at radius 1 is 1.50 bits per heavy atom. The lowest BCUT2D eigenvalue weighted by atomic mass is 10.0. The highest BCUT2D eigenvalue weighted by Gasteiger charge is 2.31. The predicted octanol–water partition coefficient (Wildman–Crippen LogP) is 4.14. The summed E-state index contributed by atoms with van der Waals surface area (Å²) in [4.78, 5) is 17.9. The standard InChI is InChI=1S/C17H28N2O2S/c1-13(15-9-7-11-22-15)18(5)14-8-6-10-19(12-14)16(20)21-17(2,3)4/h7,9,11,13-14H,6,8,10,12H2,1-5H3/t13?,14-/m1/s1. The molecule has 2 atom stereocenters. The molecule has 0 aromatic carbocycles. The molecule has 0 saturated carbocycles. The quantitative estimate of drug-likeness (QED) is 0.837. The minimum Gasteiger partial charge on any atom is -0.444 e. The Morgan fingerprint density at radius 3 is 2.82 bits per heavy atom.